The maximum atomic E-state index is 10.2. The number of carbonyl (C=O) groups excluding carboxylic acids is 1. The number of ketones is 1. The van der Waals surface area contributed by atoms with Crippen molar-refractivity contribution in [3.8, 4) is 0 Å². The van der Waals surface area contributed by atoms with Gasteiger partial charge in [-0.3, -0.25) is 14.9 Å². The Hall–Kier alpha value is -1.31. The second-order valence-corrected chi connectivity index (χ2v) is 11.6. The molecule has 2 saturated heterocycles. The predicted octanol–water partition coefficient (Wildman–Crippen LogP) is 5.11. The largest absolute Gasteiger partial charge is 0.313 e. The van der Waals surface area contributed by atoms with Gasteiger partial charge in [-0.05, 0) is 78.2 Å². The summed E-state index contributed by atoms with van der Waals surface area (Å²) >= 11 is 0. The smallest absolute Gasteiger partial charge is 0.194 e. The lowest BCUT2D eigenvalue weighted by Crippen LogP contribution is -2.34. The van der Waals surface area contributed by atoms with E-state index in [1.807, 2.05) is 13.8 Å². The van der Waals surface area contributed by atoms with Crippen LogP contribution in [0.25, 0.3) is 0 Å². The van der Waals surface area contributed by atoms with Gasteiger partial charge in [0.15, 0.2) is 12.8 Å². The second kappa shape index (κ2) is 11.9. The lowest BCUT2D eigenvalue weighted by atomic mass is 9.86. The molecule has 0 radical (unpaired) electrons. The van der Waals surface area contributed by atoms with Crippen LogP contribution >= 0.6 is 0 Å². The summed E-state index contributed by atoms with van der Waals surface area (Å²) in [5, 5.41) is 23.2. The summed E-state index contributed by atoms with van der Waals surface area (Å²) < 4.78 is 0. The first kappa shape index (κ1) is 30.9. The van der Waals surface area contributed by atoms with E-state index in [2.05, 4.69) is 60.7 Å². The number of hydrogen-bond donors (Lipinski definition) is 2. The first-order chi connectivity index (χ1) is 13.1. The Morgan fingerprint density at radius 3 is 1.50 bits per heavy atom. The first-order valence-electron chi connectivity index (χ1n) is 10.6. The maximum Gasteiger partial charge on any atom is 0.194 e. The van der Waals surface area contributed by atoms with Gasteiger partial charge in [-0.2, -0.15) is 5.06 Å². The third-order valence-electron chi connectivity index (χ3n) is 4.65. The third kappa shape index (κ3) is 16.5. The van der Waals surface area contributed by atoms with Crippen LogP contribution in [-0.4, -0.2) is 52.2 Å². The molecule has 0 spiro atoms. The highest BCUT2D eigenvalue weighted by Crippen LogP contribution is 2.39. The van der Waals surface area contributed by atoms with Crippen molar-refractivity contribution in [1.29, 1.82) is 0 Å². The zero-order chi connectivity index (χ0) is 24.6. The number of nitro groups is 1. The van der Waals surface area contributed by atoms with E-state index in [0.29, 0.717) is 11.0 Å². The van der Waals surface area contributed by atoms with Gasteiger partial charge in [0.1, 0.15) is 0 Å². The molecular formula is C23H47N3O4. The summed E-state index contributed by atoms with van der Waals surface area (Å²) in [6.45, 7) is 25.0. The van der Waals surface area contributed by atoms with Gasteiger partial charge in [0.2, 0.25) is 0 Å². The highest BCUT2D eigenvalue weighted by atomic mass is 16.6. The van der Waals surface area contributed by atoms with Crippen LogP contribution in [0.2, 0.25) is 0 Å². The summed E-state index contributed by atoms with van der Waals surface area (Å²) in [7, 11) is 0.889. The minimum atomic E-state index is -0.500. The van der Waals surface area contributed by atoms with E-state index in [4.69, 9.17) is 10.1 Å². The Balaban J connectivity index is 0. The zero-order valence-electron chi connectivity index (χ0n) is 21.5. The Labute approximate surface area is 184 Å². The summed E-state index contributed by atoms with van der Waals surface area (Å²) in [4.78, 5) is 18.5. The van der Waals surface area contributed by atoms with Gasteiger partial charge >= 0.3 is 0 Å². The van der Waals surface area contributed by atoms with Crippen LogP contribution < -0.4 is 5.32 Å². The summed E-state index contributed by atoms with van der Waals surface area (Å²) in [6, 6.07) is 0. The van der Waals surface area contributed by atoms with E-state index < -0.39 is 4.92 Å². The average molecular weight is 430 g/mol. The molecule has 2 aliphatic heterocycles. The lowest BCUT2D eigenvalue weighted by Gasteiger charge is -2.24. The molecule has 0 aromatic rings. The van der Waals surface area contributed by atoms with E-state index in [1.54, 1.807) is 13.0 Å². The SMILES string of the molecule is CC(=O)C=C(C)C.CC1(C)CN(O)C(C)(C)C1.CC1(C)CNC(C)(C)C1.C[N+](=O)[O-]. The van der Waals surface area contributed by atoms with E-state index >= 15 is 0 Å². The summed E-state index contributed by atoms with van der Waals surface area (Å²) in [5.41, 5.74) is 2.21. The van der Waals surface area contributed by atoms with Crippen LogP contribution in [0.5, 0.6) is 0 Å². The van der Waals surface area contributed by atoms with Crippen LogP contribution in [-0.2, 0) is 4.79 Å². The van der Waals surface area contributed by atoms with Crippen LogP contribution in [0.15, 0.2) is 11.6 Å². The van der Waals surface area contributed by atoms with Crippen LogP contribution in [0.1, 0.15) is 89.0 Å². The van der Waals surface area contributed by atoms with Crippen molar-refractivity contribution in [2.24, 2.45) is 10.8 Å². The molecule has 2 heterocycles. The predicted molar refractivity (Wildman–Crippen MR) is 124 cm³/mol. The topological polar surface area (TPSA) is 95.7 Å². The van der Waals surface area contributed by atoms with E-state index in [-0.39, 0.29) is 16.7 Å². The number of allylic oxidation sites excluding steroid dienone is 2. The van der Waals surface area contributed by atoms with Crippen molar-refractivity contribution in [3.63, 3.8) is 0 Å². The van der Waals surface area contributed by atoms with Crippen molar-refractivity contribution in [2.45, 2.75) is 100 Å². The maximum absolute atomic E-state index is 10.2. The fraction of sp³-hybridized carbons (Fsp3) is 0.870. The third-order valence-corrected chi connectivity index (χ3v) is 4.65. The molecule has 7 heteroatoms. The van der Waals surface area contributed by atoms with Gasteiger partial charge < -0.3 is 10.5 Å². The number of carbonyl (C=O) groups is 1. The molecule has 0 aliphatic carbocycles. The standard InChI is InChI=1S/C8H17NO.C8H17N.C6H10O.CH3NO2/c1-7(2)5-8(3,4)9(10)6-7;1-7(2)5-8(3,4)9-6-7;1-5(2)4-6(3)7;1-2(3)4/h10H,5-6H2,1-4H3;9H,5-6H2,1-4H3;4H,1-3H3;1H3. The van der Waals surface area contributed by atoms with Crippen molar-refractivity contribution < 1.29 is 14.9 Å². The minimum Gasteiger partial charge on any atom is -0.313 e. The molecule has 0 aromatic heterocycles. The van der Waals surface area contributed by atoms with Gasteiger partial charge in [-0.15, -0.1) is 0 Å². The summed E-state index contributed by atoms with van der Waals surface area (Å²) in [6.07, 6.45) is 3.97. The van der Waals surface area contributed by atoms with Crippen molar-refractivity contribution in [1.82, 2.24) is 10.4 Å². The molecule has 2 fully saturated rings. The molecule has 0 unspecified atom stereocenters. The highest BCUT2D eigenvalue weighted by molar-refractivity contribution is 5.87. The van der Waals surface area contributed by atoms with Gasteiger partial charge in [0, 0.05) is 29.1 Å². The van der Waals surface area contributed by atoms with Crippen LogP contribution in [0, 0.1) is 20.9 Å². The number of rotatable bonds is 1. The molecular weight excluding hydrogens is 382 g/mol. The Kier molecular flexibility index (Phi) is 12.3. The zero-order valence-corrected chi connectivity index (χ0v) is 21.5. The Morgan fingerprint density at radius 1 is 1.00 bits per heavy atom. The quantitative estimate of drug-likeness (QED) is 0.342. The monoisotopic (exact) mass is 429 g/mol. The van der Waals surface area contributed by atoms with Crippen molar-refractivity contribution >= 4 is 5.78 Å². The van der Waals surface area contributed by atoms with E-state index in [9.17, 15) is 10.0 Å². The molecule has 7 nitrogen and oxygen atoms in total. The molecule has 2 aliphatic rings. The molecule has 0 saturated carbocycles. The molecule has 0 atom stereocenters. The lowest BCUT2D eigenvalue weighted by molar-refractivity contribution is -0.445. The van der Waals surface area contributed by atoms with Crippen LogP contribution in [0.4, 0.5) is 0 Å². The first-order valence-corrected chi connectivity index (χ1v) is 10.6. The van der Waals surface area contributed by atoms with Gasteiger partial charge in [0.25, 0.3) is 0 Å². The minimum absolute atomic E-state index is 0.0243. The number of nitrogens with zero attached hydrogens (tertiary/aromatic N) is 2. The molecule has 30 heavy (non-hydrogen) atoms. The molecule has 0 amide bonds. The van der Waals surface area contributed by atoms with Gasteiger partial charge in [-0.25, -0.2) is 0 Å². The van der Waals surface area contributed by atoms with Crippen molar-refractivity contribution in [2.75, 3.05) is 20.1 Å². The molecule has 178 valence electrons. The van der Waals surface area contributed by atoms with E-state index in [0.717, 1.165) is 25.6 Å². The van der Waals surface area contributed by atoms with E-state index in [1.165, 1.54) is 18.0 Å². The second-order valence-electron chi connectivity index (χ2n) is 11.6. The summed E-state index contributed by atoms with van der Waals surface area (Å²) in [5.74, 6) is 0.125. The molecule has 0 bridgehead atoms. The van der Waals surface area contributed by atoms with Gasteiger partial charge in [0.05, 0.1) is 0 Å². The fourth-order valence-corrected chi connectivity index (χ4v) is 4.14. The number of hydroxylamine groups is 2. The normalized spacial score (nSPS) is 22.2. The fourth-order valence-electron chi connectivity index (χ4n) is 4.14. The number of hydrogen-bond acceptors (Lipinski definition) is 6. The molecule has 0 aromatic carbocycles. The Morgan fingerprint density at radius 2 is 1.43 bits per heavy atom. The van der Waals surface area contributed by atoms with Crippen molar-refractivity contribution in [3.05, 3.63) is 21.8 Å². The molecule has 2 N–H and O–H groups in total. The highest BCUT2D eigenvalue weighted by Gasteiger charge is 2.42. The Bertz CT molecular complexity index is 571. The number of nitrogens with one attached hydrogen (secondary N) is 1. The van der Waals surface area contributed by atoms with Crippen LogP contribution in [0.3, 0.4) is 0 Å². The average Bonchev–Trinajstić information content (AvgIpc) is 2.77. The molecule has 2 rings (SSSR count). The van der Waals surface area contributed by atoms with Gasteiger partial charge in [-0.1, -0.05) is 33.3 Å².